The van der Waals surface area contributed by atoms with Gasteiger partial charge in [-0.25, -0.2) is 0 Å². The third kappa shape index (κ3) is 1.96. The van der Waals surface area contributed by atoms with Crippen LogP contribution in [0.2, 0.25) is 0 Å². The van der Waals surface area contributed by atoms with Crippen molar-refractivity contribution in [2.75, 3.05) is 0 Å². The topological polar surface area (TPSA) is 38.4 Å². The maximum Gasteiger partial charge on any atom is 0.0647 e. The standard InChI is InChI=1S/C11H14N2/c1-8(2)10-6-4-5-7-11(10)9(3)13-12/h4-7H,1,12H2,2-3H3/b13-9-. The van der Waals surface area contributed by atoms with Crippen LogP contribution < -0.4 is 5.84 Å². The van der Waals surface area contributed by atoms with Crippen molar-refractivity contribution >= 4 is 11.3 Å². The highest BCUT2D eigenvalue weighted by atomic mass is 15.1. The minimum absolute atomic E-state index is 0.832. The molecule has 0 unspecified atom stereocenters. The Balaban J connectivity index is 3.28. The summed E-state index contributed by atoms with van der Waals surface area (Å²) in [5, 5.41) is 3.68. The summed E-state index contributed by atoms with van der Waals surface area (Å²) in [5.74, 6) is 5.23. The van der Waals surface area contributed by atoms with Gasteiger partial charge in [-0.1, -0.05) is 36.4 Å². The van der Waals surface area contributed by atoms with Gasteiger partial charge in [-0.05, 0) is 19.4 Å². The average molecular weight is 174 g/mol. The molecule has 68 valence electrons. The summed E-state index contributed by atoms with van der Waals surface area (Å²) < 4.78 is 0. The van der Waals surface area contributed by atoms with Crippen LogP contribution in [0, 0.1) is 0 Å². The molecule has 0 aliphatic rings. The predicted octanol–water partition coefficient (Wildman–Crippen LogP) is 2.40. The molecular formula is C11H14N2. The van der Waals surface area contributed by atoms with E-state index in [1.54, 1.807) is 0 Å². The number of nitrogens with two attached hydrogens (primary N) is 1. The van der Waals surface area contributed by atoms with E-state index < -0.39 is 0 Å². The highest BCUT2D eigenvalue weighted by Crippen LogP contribution is 2.17. The molecule has 0 atom stereocenters. The third-order valence-electron chi connectivity index (χ3n) is 1.97. The lowest BCUT2D eigenvalue weighted by atomic mass is 9.99. The summed E-state index contributed by atoms with van der Waals surface area (Å²) in [6, 6.07) is 7.97. The van der Waals surface area contributed by atoms with Gasteiger partial charge in [0.25, 0.3) is 0 Å². The van der Waals surface area contributed by atoms with E-state index in [9.17, 15) is 0 Å². The van der Waals surface area contributed by atoms with Crippen LogP contribution in [0.5, 0.6) is 0 Å². The maximum atomic E-state index is 5.23. The van der Waals surface area contributed by atoms with E-state index in [4.69, 9.17) is 5.84 Å². The third-order valence-corrected chi connectivity index (χ3v) is 1.97. The molecule has 0 heterocycles. The highest BCUT2D eigenvalue weighted by molar-refractivity contribution is 6.02. The molecule has 0 fully saturated rings. The van der Waals surface area contributed by atoms with Crippen molar-refractivity contribution in [1.29, 1.82) is 0 Å². The van der Waals surface area contributed by atoms with Crippen molar-refractivity contribution in [3.05, 3.63) is 42.0 Å². The Bertz CT molecular complexity index is 351. The Morgan fingerprint density at radius 3 is 2.23 bits per heavy atom. The molecule has 0 aromatic heterocycles. The van der Waals surface area contributed by atoms with E-state index in [2.05, 4.69) is 11.7 Å². The minimum Gasteiger partial charge on any atom is -0.323 e. The summed E-state index contributed by atoms with van der Waals surface area (Å²) >= 11 is 0. The molecule has 2 N–H and O–H groups in total. The second-order valence-corrected chi connectivity index (χ2v) is 3.04. The van der Waals surface area contributed by atoms with Crippen molar-refractivity contribution in [2.45, 2.75) is 13.8 Å². The van der Waals surface area contributed by atoms with Gasteiger partial charge in [0, 0.05) is 5.56 Å². The van der Waals surface area contributed by atoms with Gasteiger partial charge in [-0.2, -0.15) is 5.10 Å². The first-order chi connectivity index (χ1) is 6.16. The first-order valence-corrected chi connectivity index (χ1v) is 4.16. The number of nitrogens with zero attached hydrogens (tertiary/aromatic N) is 1. The van der Waals surface area contributed by atoms with Gasteiger partial charge < -0.3 is 5.84 Å². The Morgan fingerprint density at radius 2 is 1.77 bits per heavy atom. The van der Waals surface area contributed by atoms with Crippen LogP contribution in [0.3, 0.4) is 0 Å². The SMILES string of the molecule is C=C(C)c1ccccc1/C(C)=N\N. The second kappa shape index (κ2) is 3.90. The summed E-state index contributed by atoms with van der Waals surface area (Å²) in [6.07, 6.45) is 0. The van der Waals surface area contributed by atoms with E-state index >= 15 is 0 Å². The molecule has 1 aromatic carbocycles. The molecule has 2 heteroatoms. The fourth-order valence-electron chi connectivity index (χ4n) is 1.24. The van der Waals surface area contributed by atoms with Gasteiger partial charge in [0.15, 0.2) is 0 Å². The monoisotopic (exact) mass is 174 g/mol. The van der Waals surface area contributed by atoms with Crippen LogP contribution in [0.1, 0.15) is 25.0 Å². The number of hydrazone groups is 1. The van der Waals surface area contributed by atoms with Crippen molar-refractivity contribution in [3.63, 3.8) is 0 Å². The molecule has 0 saturated heterocycles. The Labute approximate surface area is 78.8 Å². The zero-order chi connectivity index (χ0) is 9.84. The van der Waals surface area contributed by atoms with Gasteiger partial charge in [0.05, 0.1) is 5.71 Å². The van der Waals surface area contributed by atoms with Gasteiger partial charge in [-0.15, -0.1) is 0 Å². The molecule has 0 bridgehead atoms. The lowest BCUT2D eigenvalue weighted by molar-refractivity contribution is 1.23. The average Bonchev–Trinajstić information content (AvgIpc) is 2.16. The van der Waals surface area contributed by atoms with E-state index in [1.165, 1.54) is 0 Å². The lowest BCUT2D eigenvalue weighted by Gasteiger charge is -2.07. The van der Waals surface area contributed by atoms with E-state index in [0.717, 1.165) is 22.4 Å². The smallest absolute Gasteiger partial charge is 0.0647 e. The van der Waals surface area contributed by atoms with E-state index in [-0.39, 0.29) is 0 Å². The zero-order valence-corrected chi connectivity index (χ0v) is 8.04. The molecule has 2 nitrogen and oxygen atoms in total. The minimum atomic E-state index is 0.832. The van der Waals surface area contributed by atoms with E-state index in [1.807, 2.05) is 38.1 Å². The number of hydrogen-bond donors (Lipinski definition) is 1. The van der Waals surface area contributed by atoms with Crippen molar-refractivity contribution in [1.82, 2.24) is 0 Å². The highest BCUT2D eigenvalue weighted by Gasteiger charge is 2.03. The van der Waals surface area contributed by atoms with E-state index in [0.29, 0.717) is 0 Å². The fourth-order valence-corrected chi connectivity index (χ4v) is 1.24. The molecule has 0 aliphatic heterocycles. The summed E-state index contributed by atoms with van der Waals surface area (Å²) in [6.45, 7) is 7.77. The maximum absolute atomic E-state index is 5.23. The molecule has 0 spiro atoms. The lowest BCUT2D eigenvalue weighted by Crippen LogP contribution is -2.02. The Kier molecular flexibility index (Phi) is 2.85. The van der Waals surface area contributed by atoms with Crippen LogP contribution in [-0.4, -0.2) is 5.71 Å². The van der Waals surface area contributed by atoms with Gasteiger partial charge in [0.2, 0.25) is 0 Å². The summed E-state index contributed by atoms with van der Waals surface area (Å²) in [7, 11) is 0. The van der Waals surface area contributed by atoms with Crippen LogP contribution >= 0.6 is 0 Å². The molecule has 0 saturated carbocycles. The van der Waals surface area contributed by atoms with Gasteiger partial charge in [-0.3, -0.25) is 0 Å². The number of hydrogen-bond acceptors (Lipinski definition) is 2. The second-order valence-electron chi connectivity index (χ2n) is 3.04. The predicted molar refractivity (Wildman–Crippen MR) is 57.5 cm³/mol. The number of allylic oxidation sites excluding steroid dienone is 1. The first-order valence-electron chi connectivity index (χ1n) is 4.16. The Hall–Kier alpha value is -1.57. The number of rotatable bonds is 2. The van der Waals surface area contributed by atoms with Crippen LogP contribution in [0.4, 0.5) is 0 Å². The molecule has 0 aliphatic carbocycles. The molecule has 1 aromatic rings. The summed E-state index contributed by atoms with van der Waals surface area (Å²) in [4.78, 5) is 0. The molecule has 0 amide bonds. The van der Waals surface area contributed by atoms with Gasteiger partial charge in [0.1, 0.15) is 0 Å². The van der Waals surface area contributed by atoms with Crippen LogP contribution in [0.15, 0.2) is 35.9 Å². The molecule has 1 rings (SSSR count). The Morgan fingerprint density at radius 1 is 1.23 bits per heavy atom. The van der Waals surface area contributed by atoms with Crippen molar-refractivity contribution in [2.24, 2.45) is 10.9 Å². The van der Waals surface area contributed by atoms with Crippen molar-refractivity contribution in [3.8, 4) is 0 Å². The van der Waals surface area contributed by atoms with Crippen LogP contribution in [-0.2, 0) is 0 Å². The summed E-state index contributed by atoms with van der Waals surface area (Å²) in [5.41, 5.74) is 4.02. The number of benzene rings is 1. The first kappa shape index (κ1) is 9.52. The fraction of sp³-hybridized carbons (Fsp3) is 0.182. The quantitative estimate of drug-likeness (QED) is 0.417. The molecular weight excluding hydrogens is 160 g/mol. The molecule has 13 heavy (non-hydrogen) atoms. The van der Waals surface area contributed by atoms with Crippen LogP contribution in [0.25, 0.3) is 5.57 Å². The zero-order valence-electron chi connectivity index (χ0n) is 8.04. The molecule has 0 radical (unpaired) electrons. The van der Waals surface area contributed by atoms with Crippen molar-refractivity contribution < 1.29 is 0 Å². The largest absolute Gasteiger partial charge is 0.323 e. The van der Waals surface area contributed by atoms with Gasteiger partial charge >= 0.3 is 0 Å². The normalized spacial score (nSPS) is 11.4.